The zero-order chi connectivity index (χ0) is 16.2. The van der Waals surface area contributed by atoms with Gasteiger partial charge in [0.05, 0.1) is 19.8 Å². The van der Waals surface area contributed by atoms with E-state index >= 15 is 0 Å². The Balaban J connectivity index is 1.67. The molecule has 23 heavy (non-hydrogen) atoms. The van der Waals surface area contributed by atoms with E-state index in [1.54, 1.807) is 19.4 Å². The van der Waals surface area contributed by atoms with Gasteiger partial charge in [0.25, 0.3) is 0 Å². The molecule has 0 fully saturated rings. The SMILES string of the molecule is COc1ccc2c(CC(=O)OCc3ccccc3C)coc2c1. The third-order valence-corrected chi connectivity index (χ3v) is 3.85. The van der Waals surface area contributed by atoms with Crippen LogP contribution >= 0.6 is 0 Å². The third-order valence-electron chi connectivity index (χ3n) is 3.85. The third kappa shape index (κ3) is 3.37. The molecule has 4 heteroatoms. The van der Waals surface area contributed by atoms with Gasteiger partial charge in [-0.05, 0) is 30.2 Å². The highest BCUT2D eigenvalue weighted by Crippen LogP contribution is 2.26. The van der Waals surface area contributed by atoms with Crippen molar-refractivity contribution in [2.45, 2.75) is 20.0 Å². The molecular formula is C19H18O4. The van der Waals surface area contributed by atoms with Gasteiger partial charge < -0.3 is 13.9 Å². The lowest BCUT2D eigenvalue weighted by atomic mass is 10.1. The van der Waals surface area contributed by atoms with Gasteiger partial charge in [-0.25, -0.2) is 0 Å². The molecule has 0 aliphatic heterocycles. The van der Waals surface area contributed by atoms with E-state index in [0.29, 0.717) is 5.58 Å². The van der Waals surface area contributed by atoms with Crippen LogP contribution in [0, 0.1) is 6.92 Å². The summed E-state index contributed by atoms with van der Waals surface area (Å²) in [6.45, 7) is 2.29. The van der Waals surface area contributed by atoms with Crippen LogP contribution in [0.1, 0.15) is 16.7 Å². The highest BCUT2D eigenvalue weighted by molar-refractivity contribution is 5.86. The van der Waals surface area contributed by atoms with Crippen molar-refractivity contribution in [1.29, 1.82) is 0 Å². The second-order valence-electron chi connectivity index (χ2n) is 5.39. The number of furan rings is 1. The average molecular weight is 310 g/mol. The first-order valence-electron chi connectivity index (χ1n) is 7.41. The first-order chi connectivity index (χ1) is 11.2. The largest absolute Gasteiger partial charge is 0.497 e. The molecule has 0 N–H and O–H groups in total. The number of carbonyl (C=O) groups excluding carboxylic acids is 1. The molecule has 0 aliphatic rings. The van der Waals surface area contributed by atoms with Gasteiger partial charge in [0.15, 0.2) is 0 Å². The first-order valence-corrected chi connectivity index (χ1v) is 7.41. The maximum absolute atomic E-state index is 12.1. The van der Waals surface area contributed by atoms with E-state index in [-0.39, 0.29) is 19.0 Å². The van der Waals surface area contributed by atoms with Crippen LogP contribution in [0.15, 0.2) is 53.1 Å². The lowest BCUT2D eigenvalue weighted by Crippen LogP contribution is -2.08. The van der Waals surface area contributed by atoms with E-state index < -0.39 is 0 Å². The summed E-state index contributed by atoms with van der Waals surface area (Å²) in [6, 6.07) is 13.4. The van der Waals surface area contributed by atoms with Crippen LogP contribution in [0.2, 0.25) is 0 Å². The molecular weight excluding hydrogens is 292 g/mol. The van der Waals surface area contributed by atoms with Crippen molar-refractivity contribution in [1.82, 2.24) is 0 Å². The minimum Gasteiger partial charge on any atom is -0.497 e. The Bertz CT molecular complexity index is 832. The van der Waals surface area contributed by atoms with Crippen molar-refractivity contribution in [3.63, 3.8) is 0 Å². The number of ether oxygens (including phenoxy) is 2. The van der Waals surface area contributed by atoms with Gasteiger partial charge in [0, 0.05) is 17.0 Å². The Labute approximate surface area is 134 Å². The predicted molar refractivity (Wildman–Crippen MR) is 87.4 cm³/mol. The topological polar surface area (TPSA) is 48.7 Å². The van der Waals surface area contributed by atoms with Crippen LogP contribution in [0.3, 0.4) is 0 Å². The van der Waals surface area contributed by atoms with Crippen LogP contribution in [0.5, 0.6) is 5.75 Å². The quantitative estimate of drug-likeness (QED) is 0.667. The maximum Gasteiger partial charge on any atom is 0.310 e. The Kier molecular flexibility index (Phi) is 4.33. The molecule has 0 unspecified atom stereocenters. The first kappa shape index (κ1) is 15.2. The molecule has 2 aromatic carbocycles. The van der Waals surface area contributed by atoms with E-state index in [9.17, 15) is 4.79 Å². The van der Waals surface area contributed by atoms with Crippen molar-refractivity contribution < 1.29 is 18.7 Å². The lowest BCUT2D eigenvalue weighted by molar-refractivity contribution is -0.144. The Morgan fingerprint density at radius 2 is 1.96 bits per heavy atom. The molecule has 4 nitrogen and oxygen atoms in total. The summed E-state index contributed by atoms with van der Waals surface area (Å²) in [4.78, 5) is 12.1. The molecule has 0 aliphatic carbocycles. The molecule has 3 rings (SSSR count). The molecule has 0 radical (unpaired) electrons. The normalized spacial score (nSPS) is 10.7. The van der Waals surface area contributed by atoms with Crippen molar-refractivity contribution in [2.24, 2.45) is 0 Å². The molecule has 1 aromatic heterocycles. The number of fused-ring (bicyclic) bond motifs is 1. The van der Waals surface area contributed by atoms with E-state index in [1.807, 2.05) is 43.3 Å². The lowest BCUT2D eigenvalue weighted by Gasteiger charge is -2.07. The van der Waals surface area contributed by atoms with Crippen molar-refractivity contribution >= 4 is 16.9 Å². The van der Waals surface area contributed by atoms with Gasteiger partial charge in [-0.3, -0.25) is 4.79 Å². The Hall–Kier alpha value is -2.75. The molecule has 3 aromatic rings. The van der Waals surface area contributed by atoms with Gasteiger partial charge in [0.1, 0.15) is 17.9 Å². The monoisotopic (exact) mass is 310 g/mol. The molecule has 0 amide bonds. The summed E-state index contributed by atoms with van der Waals surface area (Å²) in [7, 11) is 1.61. The van der Waals surface area contributed by atoms with Gasteiger partial charge in [-0.2, -0.15) is 0 Å². The summed E-state index contributed by atoms with van der Waals surface area (Å²) < 4.78 is 16.0. The number of hydrogen-bond donors (Lipinski definition) is 0. The fourth-order valence-corrected chi connectivity index (χ4v) is 2.46. The number of hydrogen-bond acceptors (Lipinski definition) is 4. The summed E-state index contributed by atoms with van der Waals surface area (Å²) in [5.41, 5.74) is 3.65. The zero-order valence-corrected chi connectivity index (χ0v) is 13.2. The number of benzene rings is 2. The molecule has 1 heterocycles. The molecule has 0 atom stereocenters. The van der Waals surface area contributed by atoms with Crippen LogP contribution in [0.25, 0.3) is 11.0 Å². The van der Waals surface area contributed by atoms with Crippen LogP contribution in [-0.2, 0) is 22.6 Å². The number of methoxy groups -OCH3 is 1. The highest BCUT2D eigenvalue weighted by atomic mass is 16.5. The van der Waals surface area contributed by atoms with Crippen LogP contribution in [0.4, 0.5) is 0 Å². The van der Waals surface area contributed by atoms with Crippen molar-refractivity contribution in [3.8, 4) is 5.75 Å². The van der Waals surface area contributed by atoms with Gasteiger partial charge in [-0.15, -0.1) is 0 Å². The zero-order valence-electron chi connectivity index (χ0n) is 13.2. The molecule has 0 saturated heterocycles. The van der Waals surface area contributed by atoms with E-state index in [0.717, 1.165) is 27.8 Å². The van der Waals surface area contributed by atoms with Crippen molar-refractivity contribution in [3.05, 3.63) is 65.4 Å². The standard InChI is InChI=1S/C19H18O4/c1-13-5-3-4-6-14(13)11-23-19(20)9-15-12-22-18-10-16(21-2)7-8-17(15)18/h3-8,10,12H,9,11H2,1-2H3. The van der Waals surface area contributed by atoms with E-state index in [2.05, 4.69) is 0 Å². The summed E-state index contributed by atoms with van der Waals surface area (Å²) in [5, 5.41) is 0.902. The molecule has 0 spiro atoms. The van der Waals surface area contributed by atoms with Gasteiger partial charge in [-0.1, -0.05) is 24.3 Å². The highest BCUT2D eigenvalue weighted by Gasteiger charge is 2.12. The number of aryl methyl sites for hydroxylation is 1. The Morgan fingerprint density at radius 3 is 2.74 bits per heavy atom. The fourth-order valence-electron chi connectivity index (χ4n) is 2.46. The number of esters is 1. The summed E-state index contributed by atoms with van der Waals surface area (Å²) in [5.74, 6) is 0.451. The average Bonchev–Trinajstić information content (AvgIpc) is 2.96. The maximum atomic E-state index is 12.1. The molecule has 0 saturated carbocycles. The molecule has 118 valence electrons. The smallest absolute Gasteiger partial charge is 0.310 e. The molecule has 0 bridgehead atoms. The summed E-state index contributed by atoms with van der Waals surface area (Å²) in [6.07, 6.45) is 1.78. The van der Waals surface area contributed by atoms with Crippen molar-refractivity contribution in [2.75, 3.05) is 7.11 Å². The second kappa shape index (κ2) is 6.57. The van der Waals surface area contributed by atoms with Crippen LogP contribution < -0.4 is 4.74 Å². The van der Waals surface area contributed by atoms with Gasteiger partial charge >= 0.3 is 5.97 Å². The predicted octanol–water partition coefficient (Wildman–Crippen LogP) is 4.04. The van der Waals surface area contributed by atoms with Crippen LogP contribution in [-0.4, -0.2) is 13.1 Å². The number of carbonyl (C=O) groups is 1. The number of rotatable bonds is 5. The summed E-state index contributed by atoms with van der Waals surface area (Å²) >= 11 is 0. The minimum atomic E-state index is -0.272. The van der Waals surface area contributed by atoms with Gasteiger partial charge in [0.2, 0.25) is 0 Å². The van der Waals surface area contributed by atoms with E-state index in [1.165, 1.54) is 0 Å². The minimum absolute atomic E-state index is 0.186. The van der Waals surface area contributed by atoms with E-state index in [4.69, 9.17) is 13.9 Å². The fraction of sp³-hybridized carbons (Fsp3) is 0.211. The second-order valence-corrected chi connectivity index (χ2v) is 5.39. The Morgan fingerprint density at radius 1 is 1.13 bits per heavy atom.